The molecule has 0 aromatic heterocycles. The van der Waals surface area contributed by atoms with Crippen LogP contribution >= 0.6 is 12.4 Å². The molecule has 0 bridgehead atoms. The van der Waals surface area contributed by atoms with E-state index in [9.17, 15) is 0 Å². The highest BCUT2D eigenvalue weighted by Crippen LogP contribution is 2.28. The van der Waals surface area contributed by atoms with E-state index < -0.39 is 0 Å². The smallest absolute Gasteiger partial charge is 0.0975 e. The molecule has 0 saturated heterocycles. The summed E-state index contributed by atoms with van der Waals surface area (Å²) >= 11 is 0. The molecule has 2 rings (SSSR count). The van der Waals surface area contributed by atoms with E-state index in [1.807, 2.05) is 13.0 Å². The molecule has 0 spiro atoms. The molecular weight excluding hydrogens is 198 g/mol. The first kappa shape index (κ1) is 11.5. The van der Waals surface area contributed by atoms with Crippen molar-refractivity contribution in [2.24, 2.45) is 5.73 Å². The summed E-state index contributed by atoms with van der Waals surface area (Å²) in [6, 6.07) is 8.46. The normalized spacial score (nSPS) is 22.0. The van der Waals surface area contributed by atoms with Crippen molar-refractivity contribution in [2.45, 2.75) is 25.5 Å². The molecule has 0 aliphatic carbocycles. The molecule has 1 aromatic rings. The van der Waals surface area contributed by atoms with Crippen molar-refractivity contribution in [3.05, 3.63) is 35.4 Å². The van der Waals surface area contributed by atoms with Crippen LogP contribution in [0.3, 0.4) is 0 Å². The highest BCUT2D eigenvalue weighted by molar-refractivity contribution is 5.85. The first-order valence-electron chi connectivity index (χ1n) is 4.74. The lowest BCUT2D eigenvalue weighted by molar-refractivity contribution is 0.0285. The summed E-state index contributed by atoms with van der Waals surface area (Å²) in [6.45, 7) is 2.79. The Morgan fingerprint density at radius 3 is 2.86 bits per heavy atom. The molecule has 0 saturated carbocycles. The highest BCUT2D eigenvalue weighted by atomic mass is 35.5. The molecule has 2 nitrogen and oxygen atoms in total. The Morgan fingerprint density at radius 2 is 2.14 bits per heavy atom. The van der Waals surface area contributed by atoms with Gasteiger partial charge in [-0.1, -0.05) is 24.3 Å². The summed E-state index contributed by atoms with van der Waals surface area (Å²) < 4.78 is 5.64. The van der Waals surface area contributed by atoms with Crippen LogP contribution in [0.2, 0.25) is 0 Å². The zero-order chi connectivity index (χ0) is 9.26. The number of hydrogen-bond acceptors (Lipinski definition) is 2. The van der Waals surface area contributed by atoms with Gasteiger partial charge in [0.2, 0.25) is 0 Å². The molecule has 1 heterocycles. The maximum atomic E-state index is 5.86. The van der Waals surface area contributed by atoms with Crippen molar-refractivity contribution in [3.8, 4) is 0 Å². The van der Waals surface area contributed by atoms with Crippen LogP contribution in [-0.4, -0.2) is 12.6 Å². The molecule has 78 valence electrons. The van der Waals surface area contributed by atoms with Crippen molar-refractivity contribution < 1.29 is 4.74 Å². The zero-order valence-electron chi connectivity index (χ0n) is 8.27. The van der Waals surface area contributed by atoms with Gasteiger partial charge in [-0.15, -0.1) is 12.4 Å². The Labute approximate surface area is 90.9 Å². The molecule has 0 fully saturated rings. The van der Waals surface area contributed by atoms with Gasteiger partial charge in [0.1, 0.15) is 0 Å². The number of nitrogens with two attached hydrogens (primary N) is 1. The maximum absolute atomic E-state index is 5.86. The molecule has 0 amide bonds. The Hall–Kier alpha value is -0.570. The highest BCUT2D eigenvalue weighted by Gasteiger charge is 2.22. The summed E-state index contributed by atoms with van der Waals surface area (Å²) in [6.07, 6.45) is 1.10. The van der Waals surface area contributed by atoms with Gasteiger partial charge in [0.25, 0.3) is 0 Å². The Morgan fingerprint density at radius 1 is 1.43 bits per heavy atom. The summed E-state index contributed by atoms with van der Waals surface area (Å²) in [5.74, 6) is 0. The van der Waals surface area contributed by atoms with E-state index in [2.05, 4.69) is 18.2 Å². The second kappa shape index (κ2) is 4.78. The van der Waals surface area contributed by atoms with Crippen LogP contribution in [0.15, 0.2) is 24.3 Å². The lowest BCUT2D eigenvalue weighted by Crippen LogP contribution is -2.31. The number of benzene rings is 1. The Kier molecular flexibility index (Phi) is 3.93. The summed E-state index contributed by atoms with van der Waals surface area (Å²) in [4.78, 5) is 0. The minimum Gasteiger partial charge on any atom is -0.372 e. The average Bonchev–Trinajstić information content (AvgIpc) is 2.17. The summed E-state index contributed by atoms with van der Waals surface area (Å²) in [5.41, 5.74) is 8.51. The van der Waals surface area contributed by atoms with Crippen LogP contribution < -0.4 is 5.73 Å². The SMILES string of the molecule is CC(N)C1OCCc2ccccc21.Cl. The van der Waals surface area contributed by atoms with Gasteiger partial charge in [-0.3, -0.25) is 0 Å². The first-order valence-corrected chi connectivity index (χ1v) is 4.74. The van der Waals surface area contributed by atoms with Crippen molar-refractivity contribution in [1.82, 2.24) is 0 Å². The van der Waals surface area contributed by atoms with E-state index in [1.54, 1.807) is 0 Å². The van der Waals surface area contributed by atoms with Crippen LogP contribution in [0.1, 0.15) is 24.2 Å². The zero-order valence-corrected chi connectivity index (χ0v) is 9.09. The topological polar surface area (TPSA) is 35.2 Å². The molecule has 3 heteroatoms. The van der Waals surface area contributed by atoms with Crippen molar-refractivity contribution >= 4 is 12.4 Å². The lowest BCUT2D eigenvalue weighted by atomic mass is 9.94. The molecule has 2 N–H and O–H groups in total. The van der Waals surface area contributed by atoms with E-state index >= 15 is 0 Å². The summed E-state index contributed by atoms with van der Waals surface area (Å²) in [7, 11) is 0. The van der Waals surface area contributed by atoms with Gasteiger partial charge in [-0.05, 0) is 24.5 Å². The minimum absolute atomic E-state index is 0. The third-order valence-corrected chi connectivity index (χ3v) is 2.51. The van der Waals surface area contributed by atoms with Crippen LogP contribution in [0.5, 0.6) is 0 Å². The van der Waals surface area contributed by atoms with E-state index in [0.29, 0.717) is 0 Å². The quantitative estimate of drug-likeness (QED) is 0.775. The predicted octanol–water partition coefficient (Wildman–Crippen LogP) is 2.07. The first-order chi connectivity index (χ1) is 6.29. The molecule has 14 heavy (non-hydrogen) atoms. The van der Waals surface area contributed by atoms with E-state index in [1.165, 1.54) is 11.1 Å². The van der Waals surface area contributed by atoms with Crippen LogP contribution in [0.4, 0.5) is 0 Å². The van der Waals surface area contributed by atoms with Gasteiger partial charge >= 0.3 is 0 Å². The van der Waals surface area contributed by atoms with E-state index in [4.69, 9.17) is 10.5 Å². The molecule has 2 unspecified atom stereocenters. The largest absolute Gasteiger partial charge is 0.372 e. The minimum atomic E-state index is 0. The van der Waals surface area contributed by atoms with Gasteiger partial charge in [0, 0.05) is 6.04 Å². The van der Waals surface area contributed by atoms with Crippen molar-refractivity contribution in [3.63, 3.8) is 0 Å². The van der Waals surface area contributed by atoms with E-state index in [-0.39, 0.29) is 24.6 Å². The predicted molar refractivity (Wildman–Crippen MR) is 59.7 cm³/mol. The second-order valence-electron chi connectivity index (χ2n) is 3.60. The molecule has 1 aromatic carbocycles. The number of hydrogen-bond donors (Lipinski definition) is 1. The van der Waals surface area contributed by atoms with Crippen LogP contribution in [0.25, 0.3) is 0 Å². The molecular formula is C11H16ClNO. The van der Waals surface area contributed by atoms with Gasteiger partial charge in [-0.2, -0.15) is 0 Å². The van der Waals surface area contributed by atoms with Gasteiger partial charge in [0.15, 0.2) is 0 Å². The average molecular weight is 214 g/mol. The monoisotopic (exact) mass is 213 g/mol. The fraction of sp³-hybridized carbons (Fsp3) is 0.455. The third-order valence-electron chi connectivity index (χ3n) is 2.51. The standard InChI is InChI=1S/C11H15NO.ClH/c1-8(12)11-10-5-3-2-4-9(10)6-7-13-11;/h2-5,8,11H,6-7,12H2,1H3;1H. The lowest BCUT2D eigenvalue weighted by Gasteiger charge is -2.28. The second-order valence-corrected chi connectivity index (χ2v) is 3.60. The molecule has 1 aliphatic heterocycles. The van der Waals surface area contributed by atoms with Gasteiger partial charge in [0.05, 0.1) is 12.7 Å². The molecule has 1 aliphatic rings. The van der Waals surface area contributed by atoms with Crippen LogP contribution in [-0.2, 0) is 11.2 Å². The number of halogens is 1. The van der Waals surface area contributed by atoms with Crippen molar-refractivity contribution in [1.29, 1.82) is 0 Å². The van der Waals surface area contributed by atoms with Crippen molar-refractivity contribution in [2.75, 3.05) is 6.61 Å². The molecule has 2 atom stereocenters. The Balaban J connectivity index is 0.000000980. The number of fused-ring (bicyclic) bond motifs is 1. The van der Waals surface area contributed by atoms with Crippen LogP contribution in [0, 0.1) is 0 Å². The fourth-order valence-corrected chi connectivity index (χ4v) is 1.86. The molecule has 0 radical (unpaired) electrons. The maximum Gasteiger partial charge on any atom is 0.0975 e. The Bertz CT molecular complexity index is 301. The fourth-order valence-electron chi connectivity index (χ4n) is 1.86. The number of ether oxygens (including phenoxy) is 1. The summed E-state index contributed by atoms with van der Waals surface area (Å²) in [5, 5.41) is 0. The van der Waals surface area contributed by atoms with Gasteiger partial charge in [-0.25, -0.2) is 0 Å². The van der Waals surface area contributed by atoms with Gasteiger partial charge < -0.3 is 10.5 Å². The van der Waals surface area contributed by atoms with E-state index in [0.717, 1.165) is 13.0 Å². The number of rotatable bonds is 1. The third kappa shape index (κ3) is 2.08.